The molecule has 0 fully saturated rings. The highest BCUT2D eigenvalue weighted by Gasteiger charge is 2.18. The van der Waals surface area contributed by atoms with Crippen LogP contribution in [0.25, 0.3) is 0 Å². The second-order valence-electron chi connectivity index (χ2n) is 5.24. The molecule has 126 valence electrons. The molecule has 0 spiro atoms. The standard InChI is InChI=1S/C18H18ClFN2O2/c1-2-16(23)21-11-17(24)22-18(12-5-3-7-14(19)9-12)13-6-4-8-15(20)10-13/h3-10,18H,2,11H2,1H3,(H,21,23)(H,22,24)/t18-/m1/s1. The zero-order valence-electron chi connectivity index (χ0n) is 13.2. The van der Waals surface area contributed by atoms with Crippen LogP contribution >= 0.6 is 11.6 Å². The predicted molar refractivity (Wildman–Crippen MR) is 91.1 cm³/mol. The Morgan fingerprint density at radius 1 is 1.08 bits per heavy atom. The summed E-state index contributed by atoms with van der Waals surface area (Å²) in [6, 6.07) is 12.4. The minimum absolute atomic E-state index is 0.140. The van der Waals surface area contributed by atoms with E-state index in [0.29, 0.717) is 17.0 Å². The van der Waals surface area contributed by atoms with Crippen LogP contribution in [0.15, 0.2) is 48.5 Å². The first kappa shape index (κ1) is 17.9. The van der Waals surface area contributed by atoms with E-state index in [1.54, 1.807) is 43.3 Å². The number of hydrogen-bond donors (Lipinski definition) is 2. The van der Waals surface area contributed by atoms with Crippen molar-refractivity contribution in [3.63, 3.8) is 0 Å². The second kappa shape index (κ2) is 8.45. The Morgan fingerprint density at radius 2 is 1.75 bits per heavy atom. The van der Waals surface area contributed by atoms with Crippen molar-refractivity contribution < 1.29 is 14.0 Å². The normalized spacial score (nSPS) is 11.6. The van der Waals surface area contributed by atoms with Gasteiger partial charge in [0.2, 0.25) is 11.8 Å². The summed E-state index contributed by atoms with van der Waals surface area (Å²) in [5.41, 5.74) is 1.32. The van der Waals surface area contributed by atoms with E-state index < -0.39 is 11.9 Å². The fraction of sp³-hybridized carbons (Fsp3) is 0.222. The predicted octanol–water partition coefficient (Wildman–Crippen LogP) is 3.21. The van der Waals surface area contributed by atoms with Gasteiger partial charge in [0.05, 0.1) is 12.6 Å². The molecule has 0 heterocycles. The smallest absolute Gasteiger partial charge is 0.240 e. The molecule has 1 atom stereocenters. The Balaban J connectivity index is 2.23. The van der Waals surface area contributed by atoms with Gasteiger partial charge in [-0.2, -0.15) is 0 Å². The Kier molecular flexibility index (Phi) is 6.32. The van der Waals surface area contributed by atoms with Crippen LogP contribution in [0.2, 0.25) is 5.02 Å². The molecule has 0 radical (unpaired) electrons. The molecule has 2 amide bonds. The minimum Gasteiger partial charge on any atom is -0.347 e. The lowest BCUT2D eigenvalue weighted by molar-refractivity contribution is -0.126. The summed E-state index contributed by atoms with van der Waals surface area (Å²) in [6.07, 6.45) is 0.300. The maximum atomic E-state index is 13.6. The number of rotatable bonds is 6. The SMILES string of the molecule is CCC(=O)NCC(=O)N[C@@H](c1cccc(F)c1)c1cccc(Cl)c1. The van der Waals surface area contributed by atoms with Crippen LogP contribution in [0.3, 0.4) is 0 Å². The molecule has 2 rings (SSSR count). The highest BCUT2D eigenvalue weighted by atomic mass is 35.5. The maximum Gasteiger partial charge on any atom is 0.240 e. The van der Waals surface area contributed by atoms with Crippen LogP contribution in [-0.4, -0.2) is 18.4 Å². The number of benzene rings is 2. The van der Waals surface area contributed by atoms with E-state index in [-0.39, 0.29) is 18.4 Å². The highest BCUT2D eigenvalue weighted by Crippen LogP contribution is 2.25. The molecule has 0 aliphatic heterocycles. The molecule has 2 N–H and O–H groups in total. The molecular weight excluding hydrogens is 331 g/mol. The zero-order chi connectivity index (χ0) is 17.5. The number of nitrogens with one attached hydrogen (secondary N) is 2. The van der Waals surface area contributed by atoms with E-state index in [9.17, 15) is 14.0 Å². The molecular formula is C18H18ClFN2O2. The summed E-state index contributed by atoms with van der Waals surface area (Å²) in [6.45, 7) is 1.56. The van der Waals surface area contributed by atoms with Crippen LogP contribution in [0.4, 0.5) is 4.39 Å². The second-order valence-corrected chi connectivity index (χ2v) is 5.68. The van der Waals surface area contributed by atoms with Crippen molar-refractivity contribution in [3.8, 4) is 0 Å². The molecule has 0 saturated heterocycles. The van der Waals surface area contributed by atoms with Crippen molar-refractivity contribution in [1.82, 2.24) is 10.6 Å². The van der Waals surface area contributed by atoms with E-state index in [4.69, 9.17) is 11.6 Å². The van der Waals surface area contributed by atoms with Gasteiger partial charge in [0.1, 0.15) is 5.82 Å². The third-order valence-corrected chi connectivity index (χ3v) is 3.67. The Hall–Kier alpha value is -2.40. The third kappa shape index (κ3) is 5.06. The third-order valence-electron chi connectivity index (χ3n) is 3.44. The number of halogens is 2. The largest absolute Gasteiger partial charge is 0.347 e. The molecule has 4 nitrogen and oxygen atoms in total. The fourth-order valence-electron chi connectivity index (χ4n) is 2.25. The molecule has 2 aromatic rings. The summed E-state index contributed by atoms with van der Waals surface area (Å²) in [5.74, 6) is -0.977. The Morgan fingerprint density at radius 3 is 2.38 bits per heavy atom. The molecule has 6 heteroatoms. The van der Waals surface area contributed by atoms with Crippen molar-refractivity contribution in [2.45, 2.75) is 19.4 Å². The molecule has 24 heavy (non-hydrogen) atoms. The van der Waals surface area contributed by atoms with Gasteiger partial charge in [-0.15, -0.1) is 0 Å². The van der Waals surface area contributed by atoms with Gasteiger partial charge in [-0.05, 0) is 35.4 Å². The van der Waals surface area contributed by atoms with Crippen LogP contribution < -0.4 is 10.6 Å². The first-order chi connectivity index (χ1) is 11.5. The lowest BCUT2D eigenvalue weighted by Gasteiger charge is -2.20. The van der Waals surface area contributed by atoms with Crippen molar-refractivity contribution in [2.75, 3.05) is 6.54 Å². The first-order valence-electron chi connectivity index (χ1n) is 7.56. The number of carbonyl (C=O) groups excluding carboxylic acids is 2. The van der Waals surface area contributed by atoms with Crippen molar-refractivity contribution in [1.29, 1.82) is 0 Å². The summed E-state index contributed by atoms with van der Waals surface area (Å²) >= 11 is 6.02. The van der Waals surface area contributed by atoms with Crippen LogP contribution in [0, 0.1) is 5.82 Å². The van der Waals surface area contributed by atoms with Crippen LogP contribution in [0.5, 0.6) is 0 Å². The van der Waals surface area contributed by atoms with Gasteiger partial charge in [0.15, 0.2) is 0 Å². The van der Waals surface area contributed by atoms with Gasteiger partial charge in [-0.3, -0.25) is 9.59 Å². The summed E-state index contributed by atoms with van der Waals surface area (Å²) in [5, 5.41) is 5.83. The van der Waals surface area contributed by atoms with Gasteiger partial charge < -0.3 is 10.6 Å². The molecule has 0 aliphatic carbocycles. The van der Waals surface area contributed by atoms with E-state index in [2.05, 4.69) is 10.6 Å². The quantitative estimate of drug-likeness (QED) is 0.842. The average Bonchev–Trinajstić information content (AvgIpc) is 2.57. The minimum atomic E-state index is -0.564. The summed E-state index contributed by atoms with van der Waals surface area (Å²) in [7, 11) is 0. The fourth-order valence-corrected chi connectivity index (χ4v) is 2.45. The van der Waals surface area contributed by atoms with E-state index in [0.717, 1.165) is 5.56 Å². The van der Waals surface area contributed by atoms with Crippen molar-refractivity contribution >= 4 is 23.4 Å². The lowest BCUT2D eigenvalue weighted by atomic mass is 9.98. The molecule has 0 aliphatic rings. The molecule has 0 saturated carbocycles. The lowest BCUT2D eigenvalue weighted by Crippen LogP contribution is -2.38. The number of hydrogen-bond acceptors (Lipinski definition) is 2. The van der Waals surface area contributed by atoms with E-state index in [1.807, 2.05) is 0 Å². The maximum absolute atomic E-state index is 13.6. The van der Waals surface area contributed by atoms with Crippen molar-refractivity contribution in [2.24, 2.45) is 0 Å². The Bertz CT molecular complexity index is 691. The molecule has 0 aromatic heterocycles. The monoisotopic (exact) mass is 348 g/mol. The summed E-state index contributed by atoms with van der Waals surface area (Å²) < 4.78 is 13.6. The van der Waals surface area contributed by atoms with Gasteiger partial charge in [0.25, 0.3) is 0 Å². The molecule has 0 bridgehead atoms. The average molecular weight is 349 g/mol. The van der Waals surface area contributed by atoms with Gasteiger partial charge in [-0.25, -0.2) is 4.39 Å². The first-order valence-corrected chi connectivity index (χ1v) is 7.94. The summed E-state index contributed by atoms with van der Waals surface area (Å²) in [4.78, 5) is 23.4. The number of amides is 2. The van der Waals surface area contributed by atoms with Gasteiger partial charge >= 0.3 is 0 Å². The topological polar surface area (TPSA) is 58.2 Å². The van der Waals surface area contributed by atoms with Crippen LogP contribution in [-0.2, 0) is 9.59 Å². The van der Waals surface area contributed by atoms with E-state index >= 15 is 0 Å². The van der Waals surface area contributed by atoms with Gasteiger partial charge in [-0.1, -0.05) is 42.8 Å². The molecule has 2 aromatic carbocycles. The van der Waals surface area contributed by atoms with E-state index in [1.165, 1.54) is 12.1 Å². The Labute approximate surface area is 145 Å². The zero-order valence-corrected chi connectivity index (χ0v) is 13.9. The van der Waals surface area contributed by atoms with Gasteiger partial charge in [0, 0.05) is 11.4 Å². The highest BCUT2D eigenvalue weighted by molar-refractivity contribution is 6.30. The number of carbonyl (C=O) groups is 2. The molecule has 0 unspecified atom stereocenters. The van der Waals surface area contributed by atoms with Crippen LogP contribution in [0.1, 0.15) is 30.5 Å². The van der Waals surface area contributed by atoms with Crippen molar-refractivity contribution in [3.05, 3.63) is 70.5 Å².